The molecule has 3 amide bonds. The lowest BCUT2D eigenvalue weighted by molar-refractivity contribution is -0.137. The molecule has 0 aliphatic carbocycles. The fraction of sp³-hybridized carbons (Fsp3) is 0.444. The Labute approximate surface area is 108 Å². The van der Waals surface area contributed by atoms with E-state index >= 15 is 0 Å². The number of carbonyl (C=O) groups excluding carboxylic acids is 3. The molecule has 106 valence electrons. The second kappa shape index (κ2) is 6.58. The van der Waals surface area contributed by atoms with Crippen molar-refractivity contribution in [2.45, 2.75) is 6.42 Å². The molecule has 1 heterocycles. The lowest BCUT2D eigenvalue weighted by Gasteiger charge is -2.13. The van der Waals surface area contributed by atoms with E-state index in [9.17, 15) is 18.9 Å². The van der Waals surface area contributed by atoms with Crippen LogP contribution in [0.1, 0.15) is 6.42 Å². The predicted molar refractivity (Wildman–Crippen MR) is 61.5 cm³/mol. The normalized spacial score (nSPS) is 15.2. The van der Waals surface area contributed by atoms with Crippen molar-refractivity contribution in [3.05, 3.63) is 12.2 Å². The van der Waals surface area contributed by atoms with Crippen molar-refractivity contribution in [3.8, 4) is 0 Å². The van der Waals surface area contributed by atoms with E-state index in [1.54, 1.807) is 0 Å². The molecule has 0 aromatic heterocycles. The molecule has 19 heavy (non-hydrogen) atoms. The molecule has 0 saturated heterocycles. The number of rotatable bonds is 7. The van der Waals surface area contributed by atoms with Crippen LogP contribution in [-0.2, 0) is 23.5 Å². The summed E-state index contributed by atoms with van der Waals surface area (Å²) in [6, 6.07) is 0. The highest BCUT2D eigenvalue weighted by atomic mass is 31.2. The van der Waals surface area contributed by atoms with E-state index in [0.717, 1.165) is 17.1 Å². The predicted octanol–water partition coefficient (Wildman–Crippen LogP) is -1.47. The molecule has 0 radical (unpaired) electrons. The van der Waals surface area contributed by atoms with Gasteiger partial charge in [0.2, 0.25) is 5.91 Å². The summed E-state index contributed by atoms with van der Waals surface area (Å²) in [7, 11) is -4.53. The minimum atomic E-state index is -4.53. The van der Waals surface area contributed by atoms with Crippen molar-refractivity contribution in [2.24, 2.45) is 0 Å². The lowest BCUT2D eigenvalue weighted by Crippen LogP contribution is -2.35. The maximum Gasteiger partial charge on any atom is 0.469 e. The topological polar surface area (TPSA) is 133 Å². The van der Waals surface area contributed by atoms with Gasteiger partial charge in [0.1, 0.15) is 0 Å². The van der Waals surface area contributed by atoms with Gasteiger partial charge in [-0.05, 0) is 0 Å². The monoisotopic (exact) mass is 292 g/mol. The molecule has 1 aliphatic rings. The molecule has 0 unspecified atom stereocenters. The number of phosphoric acid groups is 1. The Morgan fingerprint density at radius 3 is 2.42 bits per heavy atom. The third kappa shape index (κ3) is 5.75. The van der Waals surface area contributed by atoms with Gasteiger partial charge in [-0.3, -0.25) is 23.8 Å². The Morgan fingerprint density at radius 2 is 1.89 bits per heavy atom. The van der Waals surface area contributed by atoms with Crippen molar-refractivity contribution in [1.82, 2.24) is 10.2 Å². The van der Waals surface area contributed by atoms with Gasteiger partial charge in [0.05, 0.1) is 6.61 Å². The van der Waals surface area contributed by atoms with Crippen molar-refractivity contribution in [3.63, 3.8) is 0 Å². The van der Waals surface area contributed by atoms with Crippen LogP contribution in [0.3, 0.4) is 0 Å². The maximum atomic E-state index is 11.3. The Morgan fingerprint density at radius 1 is 1.32 bits per heavy atom. The first-order valence-electron chi connectivity index (χ1n) is 5.30. The molecular formula is C9H13N2O7P. The Hall–Kier alpha value is -1.54. The van der Waals surface area contributed by atoms with E-state index in [-0.39, 0.29) is 26.1 Å². The second-order valence-electron chi connectivity index (χ2n) is 3.59. The van der Waals surface area contributed by atoms with Crippen LogP contribution < -0.4 is 5.32 Å². The first-order chi connectivity index (χ1) is 8.79. The molecule has 3 N–H and O–H groups in total. The largest absolute Gasteiger partial charge is 0.469 e. The molecule has 0 aromatic carbocycles. The molecule has 10 heteroatoms. The fourth-order valence-corrected chi connectivity index (χ4v) is 1.64. The summed E-state index contributed by atoms with van der Waals surface area (Å²) in [6.07, 6.45) is 2.15. The number of phosphoric ester groups is 1. The SMILES string of the molecule is O=C(CCN1C(=O)C=CC1=O)NCCOP(=O)(O)O. The summed E-state index contributed by atoms with van der Waals surface area (Å²) in [5.74, 6) is -1.40. The number of nitrogens with zero attached hydrogens (tertiary/aromatic N) is 1. The first kappa shape index (κ1) is 15.5. The quantitative estimate of drug-likeness (QED) is 0.296. The third-order valence-corrected chi connectivity index (χ3v) is 2.67. The molecular weight excluding hydrogens is 279 g/mol. The van der Waals surface area contributed by atoms with Crippen LogP contribution in [0, 0.1) is 0 Å². The van der Waals surface area contributed by atoms with Crippen LogP contribution >= 0.6 is 7.82 Å². The molecule has 1 aliphatic heterocycles. The molecule has 0 spiro atoms. The van der Waals surface area contributed by atoms with E-state index in [0.29, 0.717) is 0 Å². The fourth-order valence-electron chi connectivity index (χ4n) is 1.31. The summed E-state index contributed by atoms with van der Waals surface area (Å²) in [5, 5.41) is 2.33. The third-order valence-electron chi connectivity index (χ3n) is 2.15. The molecule has 9 nitrogen and oxygen atoms in total. The van der Waals surface area contributed by atoms with Gasteiger partial charge in [0, 0.05) is 31.7 Å². The number of hydrogen-bond donors (Lipinski definition) is 3. The summed E-state index contributed by atoms with van der Waals surface area (Å²) < 4.78 is 14.4. The second-order valence-corrected chi connectivity index (χ2v) is 4.82. The zero-order chi connectivity index (χ0) is 14.5. The van der Waals surface area contributed by atoms with E-state index in [2.05, 4.69) is 9.84 Å². The summed E-state index contributed by atoms with van der Waals surface area (Å²) >= 11 is 0. The number of amides is 3. The van der Waals surface area contributed by atoms with Gasteiger partial charge >= 0.3 is 7.82 Å². The number of imide groups is 1. The van der Waals surface area contributed by atoms with Crippen molar-refractivity contribution < 1.29 is 33.3 Å². The highest BCUT2D eigenvalue weighted by Crippen LogP contribution is 2.35. The van der Waals surface area contributed by atoms with Gasteiger partial charge in [-0.15, -0.1) is 0 Å². The summed E-state index contributed by atoms with van der Waals surface area (Å²) in [5.41, 5.74) is 0. The van der Waals surface area contributed by atoms with Crippen LogP contribution in [0.5, 0.6) is 0 Å². The van der Waals surface area contributed by atoms with Crippen molar-refractivity contribution in [1.29, 1.82) is 0 Å². The average molecular weight is 292 g/mol. The summed E-state index contributed by atoms with van der Waals surface area (Å²) in [6.45, 7) is -0.459. The smallest absolute Gasteiger partial charge is 0.354 e. The van der Waals surface area contributed by atoms with Gasteiger partial charge < -0.3 is 15.1 Å². The van der Waals surface area contributed by atoms with Gasteiger partial charge in [0.15, 0.2) is 0 Å². The van der Waals surface area contributed by atoms with Crippen molar-refractivity contribution in [2.75, 3.05) is 19.7 Å². The van der Waals surface area contributed by atoms with E-state index < -0.39 is 25.5 Å². The maximum absolute atomic E-state index is 11.3. The zero-order valence-electron chi connectivity index (χ0n) is 9.81. The molecule has 0 saturated carbocycles. The highest BCUT2D eigenvalue weighted by Gasteiger charge is 2.23. The van der Waals surface area contributed by atoms with E-state index in [1.807, 2.05) is 0 Å². The minimum Gasteiger partial charge on any atom is -0.354 e. The van der Waals surface area contributed by atoms with E-state index in [1.165, 1.54) is 0 Å². The highest BCUT2D eigenvalue weighted by molar-refractivity contribution is 7.46. The number of nitrogens with one attached hydrogen (secondary N) is 1. The van der Waals surface area contributed by atoms with Crippen LogP contribution in [0.15, 0.2) is 12.2 Å². The number of hydrogen-bond acceptors (Lipinski definition) is 5. The van der Waals surface area contributed by atoms with Gasteiger partial charge in [-0.1, -0.05) is 0 Å². The van der Waals surface area contributed by atoms with Gasteiger partial charge in [0.25, 0.3) is 11.8 Å². The molecule has 0 fully saturated rings. The Balaban J connectivity index is 2.17. The molecule has 0 atom stereocenters. The standard InChI is InChI=1S/C9H13N2O7P/c12-7(10-4-6-18-19(15,16)17)3-5-11-8(13)1-2-9(11)14/h1-2H,3-6H2,(H,10,12)(H2,15,16,17). The van der Waals surface area contributed by atoms with Gasteiger partial charge in [-0.2, -0.15) is 0 Å². The van der Waals surface area contributed by atoms with Crippen molar-refractivity contribution >= 4 is 25.5 Å². The number of carbonyl (C=O) groups is 3. The minimum absolute atomic E-state index is 0.0458. The molecule has 1 rings (SSSR count). The average Bonchev–Trinajstić information content (AvgIpc) is 2.61. The van der Waals surface area contributed by atoms with Crippen LogP contribution in [0.25, 0.3) is 0 Å². The Bertz CT molecular complexity index is 437. The lowest BCUT2D eigenvalue weighted by atomic mass is 10.3. The van der Waals surface area contributed by atoms with E-state index in [4.69, 9.17) is 9.79 Å². The van der Waals surface area contributed by atoms with Crippen LogP contribution in [0.2, 0.25) is 0 Å². The van der Waals surface area contributed by atoms with Crippen LogP contribution in [-0.4, -0.2) is 52.1 Å². The van der Waals surface area contributed by atoms with Crippen LogP contribution in [0.4, 0.5) is 0 Å². The first-order valence-corrected chi connectivity index (χ1v) is 6.83. The zero-order valence-corrected chi connectivity index (χ0v) is 10.7. The summed E-state index contributed by atoms with van der Waals surface area (Å²) in [4.78, 5) is 51.3. The molecule has 0 bridgehead atoms. The van der Waals surface area contributed by atoms with Gasteiger partial charge in [-0.25, -0.2) is 4.57 Å². The molecule has 0 aromatic rings. The Kier molecular flexibility index (Phi) is 5.37.